The lowest BCUT2D eigenvalue weighted by atomic mass is 9.67. The Kier molecular flexibility index (Phi) is 13.7. The number of unbranched alkanes of at least 4 members (excludes halogenated alkanes) is 3. The second-order valence-corrected chi connectivity index (χ2v) is 16.3. The van der Waals surface area contributed by atoms with Gasteiger partial charge in [-0.1, -0.05) is 90.5 Å². The molecule has 13 heteroatoms. The van der Waals surface area contributed by atoms with Crippen LogP contribution in [0.15, 0.2) is 64.6 Å². The third-order valence-electron chi connectivity index (χ3n) is 8.30. The standard InChI is InChI=1S/C32H47F6N5OSi/c1-5-8-15-45(16-9-6-2,17-10-7-3)44-27-14-12-11-13-22(27)30(4)20-25(23(39)18-28(41)31(33,34)35)43-26(21-30)24(40)19-29(42)32(36,37)38/h11-14,18-20,22,27,39-40H,5-10,15-17,21,41-42H2,1-4H3. The van der Waals surface area contributed by atoms with Gasteiger partial charge in [-0.3, -0.25) is 10.8 Å². The van der Waals surface area contributed by atoms with E-state index >= 15 is 0 Å². The molecule has 0 aromatic rings. The van der Waals surface area contributed by atoms with Crippen LogP contribution in [0, 0.1) is 22.2 Å². The molecule has 2 rings (SSSR count). The SMILES string of the molecule is CCCC[Si](CCCC)(CCCC)OC1C=CC=CC1C1(C)C=C(C(=N)C=C(N)C(F)(F)F)N=C(C(=N)C=C(N)C(F)(F)F)C1. The molecule has 0 spiro atoms. The van der Waals surface area contributed by atoms with Crippen molar-refractivity contribution < 1.29 is 30.8 Å². The van der Waals surface area contributed by atoms with E-state index in [9.17, 15) is 26.3 Å². The molecule has 0 bridgehead atoms. The molecule has 1 aliphatic carbocycles. The highest BCUT2D eigenvalue weighted by molar-refractivity contribution is 6.73. The van der Waals surface area contributed by atoms with Crippen LogP contribution >= 0.6 is 0 Å². The van der Waals surface area contributed by atoms with Gasteiger partial charge in [-0.2, -0.15) is 26.3 Å². The molecule has 45 heavy (non-hydrogen) atoms. The van der Waals surface area contributed by atoms with Crippen LogP contribution in [0.4, 0.5) is 26.3 Å². The van der Waals surface area contributed by atoms with Crippen molar-refractivity contribution in [3.63, 3.8) is 0 Å². The summed E-state index contributed by atoms with van der Waals surface area (Å²) in [6.07, 6.45) is 5.95. The van der Waals surface area contributed by atoms with Crippen molar-refractivity contribution in [2.45, 2.75) is 109 Å². The van der Waals surface area contributed by atoms with E-state index in [0.717, 1.165) is 56.7 Å². The second kappa shape index (κ2) is 16.1. The molecule has 0 aromatic carbocycles. The van der Waals surface area contributed by atoms with Crippen LogP contribution in [0.3, 0.4) is 0 Å². The smallest absolute Gasteiger partial charge is 0.410 e. The molecular weight excluding hydrogens is 612 g/mol. The normalized spacial score (nSPS) is 23.2. The Hall–Kier alpha value is -2.93. The summed E-state index contributed by atoms with van der Waals surface area (Å²) in [4.78, 5) is 4.18. The van der Waals surface area contributed by atoms with Gasteiger partial charge in [0.05, 0.1) is 28.9 Å². The maximum Gasteiger partial charge on any atom is 0.430 e. The minimum Gasteiger partial charge on any atom is -0.410 e. The van der Waals surface area contributed by atoms with E-state index in [0.29, 0.717) is 12.2 Å². The molecule has 0 radical (unpaired) electrons. The summed E-state index contributed by atoms with van der Waals surface area (Å²) in [6, 6.07) is 2.98. The van der Waals surface area contributed by atoms with Crippen LogP contribution in [0.5, 0.6) is 0 Å². The summed E-state index contributed by atoms with van der Waals surface area (Å²) in [5.41, 5.74) is 4.63. The Balaban J connectivity index is 2.65. The van der Waals surface area contributed by atoms with Gasteiger partial charge in [0.1, 0.15) is 11.4 Å². The summed E-state index contributed by atoms with van der Waals surface area (Å²) in [5, 5.41) is 16.8. The zero-order valence-electron chi connectivity index (χ0n) is 26.5. The van der Waals surface area contributed by atoms with Gasteiger partial charge < -0.3 is 15.9 Å². The minimum atomic E-state index is -4.90. The van der Waals surface area contributed by atoms with E-state index in [-0.39, 0.29) is 17.8 Å². The van der Waals surface area contributed by atoms with E-state index in [1.54, 1.807) is 13.0 Å². The number of aliphatic imine (C=N–C) groups is 1. The lowest BCUT2D eigenvalue weighted by molar-refractivity contribution is -0.0933. The highest BCUT2D eigenvalue weighted by Crippen LogP contribution is 2.45. The van der Waals surface area contributed by atoms with Crippen molar-refractivity contribution in [3.8, 4) is 0 Å². The number of hydrogen-bond donors (Lipinski definition) is 4. The number of nitrogens with two attached hydrogens (primary N) is 2. The highest BCUT2D eigenvalue weighted by Gasteiger charge is 2.45. The largest absolute Gasteiger partial charge is 0.430 e. The van der Waals surface area contributed by atoms with Gasteiger partial charge in [-0.15, -0.1) is 0 Å². The fourth-order valence-electron chi connectivity index (χ4n) is 5.71. The van der Waals surface area contributed by atoms with Gasteiger partial charge in [-0.05, 0) is 36.4 Å². The van der Waals surface area contributed by atoms with Crippen LogP contribution < -0.4 is 11.5 Å². The number of rotatable bonds is 16. The molecule has 0 amide bonds. The van der Waals surface area contributed by atoms with Crippen LogP contribution in [-0.4, -0.2) is 43.9 Å². The monoisotopic (exact) mass is 659 g/mol. The van der Waals surface area contributed by atoms with Gasteiger partial charge in [0, 0.05) is 17.8 Å². The van der Waals surface area contributed by atoms with Crippen molar-refractivity contribution >= 4 is 25.5 Å². The number of nitrogens with one attached hydrogen (secondary N) is 2. The molecular formula is C32H47F6N5OSi. The zero-order chi connectivity index (χ0) is 34.1. The molecule has 1 aliphatic heterocycles. The molecule has 1 heterocycles. The number of hydrogen-bond acceptors (Lipinski definition) is 6. The number of allylic oxidation sites excluding steroid dienone is 7. The fraction of sp³-hybridized carbons (Fsp3) is 0.594. The van der Waals surface area contributed by atoms with Gasteiger partial charge in [0.25, 0.3) is 0 Å². The number of nitrogens with zero attached hydrogens (tertiary/aromatic N) is 1. The molecule has 252 valence electrons. The average molecular weight is 660 g/mol. The Bertz CT molecular complexity index is 1230. The van der Waals surface area contributed by atoms with Gasteiger partial charge >= 0.3 is 12.4 Å². The van der Waals surface area contributed by atoms with Gasteiger partial charge in [-0.25, -0.2) is 4.99 Å². The molecule has 3 unspecified atom stereocenters. The summed E-state index contributed by atoms with van der Waals surface area (Å²) < 4.78 is 86.5. The van der Waals surface area contributed by atoms with Crippen molar-refractivity contribution in [1.82, 2.24) is 0 Å². The molecule has 3 atom stereocenters. The first-order chi connectivity index (χ1) is 20.9. The summed E-state index contributed by atoms with van der Waals surface area (Å²) >= 11 is 0. The van der Waals surface area contributed by atoms with Crippen molar-refractivity contribution in [1.29, 1.82) is 10.8 Å². The summed E-state index contributed by atoms with van der Waals surface area (Å²) in [7, 11) is -2.27. The predicted octanol–water partition coefficient (Wildman–Crippen LogP) is 9.04. The highest BCUT2D eigenvalue weighted by atomic mass is 28.4. The van der Waals surface area contributed by atoms with Gasteiger partial charge in [0.15, 0.2) is 8.32 Å². The van der Waals surface area contributed by atoms with Crippen molar-refractivity contribution in [2.75, 3.05) is 0 Å². The zero-order valence-corrected chi connectivity index (χ0v) is 27.5. The topological polar surface area (TPSA) is 121 Å². The second-order valence-electron chi connectivity index (χ2n) is 12.2. The Labute approximate surface area is 263 Å². The lowest BCUT2D eigenvalue weighted by Crippen LogP contribution is -2.47. The quantitative estimate of drug-likeness (QED) is 0.0751. The molecule has 6 nitrogen and oxygen atoms in total. The van der Waals surface area contributed by atoms with Crippen molar-refractivity contribution in [3.05, 3.63) is 59.6 Å². The molecule has 0 aromatic heterocycles. The lowest BCUT2D eigenvalue weighted by Gasteiger charge is -2.44. The van der Waals surface area contributed by atoms with E-state index in [1.807, 2.05) is 24.3 Å². The maximum absolute atomic E-state index is 13.2. The first kappa shape index (κ1) is 38.3. The van der Waals surface area contributed by atoms with E-state index in [4.69, 9.17) is 26.7 Å². The molecule has 6 N–H and O–H groups in total. The Morgan fingerprint density at radius 3 is 1.82 bits per heavy atom. The van der Waals surface area contributed by atoms with Crippen LogP contribution in [0.25, 0.3) is 0 Å². The molecule has 0 saturated heterocycles. The van der Waals surface area contributed by atoms with E-state index < -0.39 is 60.9 Å². The van der Waals surface area contributed by atoms with E-state index in [2.05, 4.69) is 25.8 Å². The third-order valence-corrected chi connectivity index (χ3v) is 12.9. The van der Waals surface area contributed by atoms with Crippen LogP contribution in [-0.2, 0) is 4.43 Å². The number of alkyl halides is 6. The summed E-state index contributed by atoms with van der Waals surface area (Å²) in [5.74, 6) is -0.409. The fourth-order valence-corrected chi connectivity index (χ4v) is 10.6. The molecule has 2 aliphatic rings. The molecule has 0 fully saturated rings. The predicted molar refractivity (Wildman–Crippen MR) is 172 cm³/mol. The number of halogens is 6. The Morgan fingerprint density at radius 2 is 1.36 bits per heavy atom. The summed E-state index contributed by atoms with van der Waals surface area (Å²) in [6.45, 7) is 8.23. The minimum absolute atomic E-state index is 0.0289. The third kappa shape index (κ3) is 10.8. The van der Waals surface area contributed by atoms with Crippen molar-refractivity contribution in [2.24, 2.45) is 27.8 Å². The first-order valence-corrected chi connectivity index (χ1v) is 18.0. The maximum atomic E-state index is 13.2. The van der Waals surface area contributed by atoms with E-state index in [1.165, 1.54) is 0 Å². The first-order valence-electron chi connectivity index (χ1n) is 15.5. The Morgan fingerprint density at radius 1 is 0.889 bits per heavy atom. The average Bonchev–Trinajstić information content (AvgIpc) is 2.96. The van der Waals surface area contributed by atoms with Gasteiger partial charge in [0.2, 0.25) is 0 Å². The van der Waals surface area contributed by atoms with Crippen LogP contribution in [0.1, 0.15) is 72.6 Å². The molecule has 0 saturated carbocycles. The van der Waals surface area contributed by atoms with Crippen LogP contribution in [0.2, 0.25) is 18.1 Å².